The van der Waals surface area contributed by atoms with Crippen LogP contribution in [0.25, 0.3) is 0 Å². The minimum Gasteiger partial charge on any atom is -0.372 e. The molecular formula is C16H26N4O2. The molecule has 0 aliphatic carbocycles. The van der Waals surface area contributed by atoms with Crippen molar-refractivity contribution in [1.29, 1.82) is 0 Å². The average Bonchev–Trinajstić information content (AvgIpc) is 2.50. The van der Waals surface area contributed by atoms with E-state index in [1.54, 1.807) is 0 Å². The molecule has 122 valence electrons. The van der Waals surface area contributed by atoms with Gasteiger partial charge in [0, 0.05) is 38.8 Å². The van der Waals surface area contributed by atoms with Crippen LogP contribution in [0.15, 0.2) is 18.3 Å². The van der Waals surface area contributed by atoms with Gasteiger partial charge in [-0.05, 0) is 32.5 Å². The van der Waals surface area contributed by atoms with Crippen LogP contribution in [0.4, 0.5) is 5.82 Å². The molecule has 0 radical (unpaired) electrons. The Labute approximate surface area is 132 Å². The van der Waals surface area contributed by atoms with Crippen molar-refractivity contribution in [2.45, 2.75) is 39.0 Å². The molecule has 2 atom stereocenters. The van der Waals surface area contributed by atoms with Crippen molar-refractivity contribution in [2.75, 3.05) is 31.6 Å². The smallest absolute Gasteiger partial charge is 0.221 e. The molecular weight excluding hydrogens is 280 g/mol. The zero-order valence-electron chi connectivity index (χ0n) is 13.6. The highest BCUT2D eigenvalue weighted by molar-refractivity contribution is 5.76. The lowest BCUT2D eigenvalue weighted by molar-refractivity contribution is -0.121. The fourth-order valence-electron chi connectivity index (χ4n) is 2.60. The number of carbonyl (C=O) groups is 1. The highest BCUT2D eigenvalue weighted by Gasteiger charge is 2.22. The second-order valence-electron chi connectivity index (χ2n) is 5.82. The van der Waals surface area contributed by atoms with E-state index in [0.717, 1.165) is 24.5 Å². The molecule has 1 fully saturated rings. The van der Waals surface area contributed by atoms with E-state index in [2.05, 4.69) is 34.4 Å². The Balaban J connectivity index is 1.86. The molecule has 1 aromatic heterocycles. The summed E-state index contributed by atoms with van der Waals surface area (Å²) in [5.74, 6) is 1.02. The maximum atomic E-state index is 11.6. The Hall–Kier alpha value is -1.66. The fourth-order valence-corrected chi connectivity index (χ4v) is 2.60. The lowest BCUT2D eigenvalue weighted by Crippen LogP contribution is -2.45. The second-order valence-corrected chi connectivity index (χ2v) is 5.82. The number of nitrogens with one attached hydrogen (secondary N) is 2. The first-order chi connectivity index (χ1) is 10.6. The van der Waals surface area contributed by atoms with E-state index in [9.17, 15) is 4.79 Å². The van der Waals surface area contributed by atoms with Crippen LogP contribution in [-0.2, 0) is 16.1 Å². The number of morpholine rings is 1. The second kappa shape index (κ2) is 8.10. The van der Waals surface area contributed by atoms with E-state index in [1.165, 1.54) is 0 Å². The molecule has 2 heterocycles. The Bertz CT molecular complexity index is 468. The predicted molar refractivity (Wildman–Crippen MR) is 86.8 cm³/mol. The first-order valence-corrected chi connectivity index (χ1v) is 7.85. The molecule has 6 nitrogen and oxygen atoms in total. The molecule has 0 saturated carbocycles. The van der Waals surface area contributed by atoms with E-state index in [4.69, 9.17) is 4.74 Å². The van der Waals surface area contributed by atoms with E-state index in [-0.39, 0.29) is 18.1 Å². The lowest BCUT2D eigenvalue weighted by Gasteiger charge is -2.36. The van der Waals surface area contributed by atoms with Gasteiger partial charge in [-0.25, -0.2) is 4.98 Å². The summed E-state index contributed by atoms with van der Waals surface area (Å²) in [7, 11) is 1.84. The van der Waals surface area contributed by atoms with Crippen molar-refractivity contribution in [3.8, 4) is 0 Å². The maximum Gasteiger partial charge on any atom is 0.221 e. The van der Waals surface area contributed by atoms with Gasteiger partial charge < -0.3 is 20.3 Å². The van der Waals surface area contributed by atoms with Crippen LogP contribution in [0.1, 0.15) is 25.8 Å². The number of pyridine rings is 1. The summed E-state index contributed by atoms with van der Waals surface area (Å²) >= 11 is 0. The third-order valence-corrected chi connectivity index (χ3v) is 3.64. The van der Waals surface area contributed by atoms with Crippen LogP contribution < -0.4 is 15.5 Å². The summed E-state index contributed by atoms with van der Waals surface area (Å²) in [5.41, 5.74) is 1.01. The van der Waals surface area contributed by atoms with Crippen LogP contribution in [0, 0.1) is 0 Å². The zero-order chi connectivity index (χ0) is 15.9. The maximum absolute atomic E-state index is 11.6. The van der Waals surface area contributed by atoms with Gasteiger partial charge in [0.25, 0.3) is 0 Å². The van der Waals surface area contributed by atoms with Gasteiger partial charge in [-0.2, -0.15) is 0 Å². The molecule has 1 aromatic rings. The average molecular weight is 306 g/mol. The molecule has 0 aromatic carbocycles. The first-order valence-electron chi connectivity index (χ1n) is 7.85. The summed E-state index contributed by atoms with van der Waals surface area (Å²) in [6, 6.07) is 4.03. The van der Waals surface area contributed by atoms with E-state index in [1.807, 2.05) is 25.4 Å². The molecule has 1 aliphatic rings. The summed E-state index contributed by atoms with van der Waals surface area (Å²) in [5, 5.41) is 5.85. The number of aromatic nitrogens is 1. The van der Waals surface area contributed by atoms with Crippen molar-refractivity contribution < 1.29 is 9.53 Å². The Morgan fingerprint density at radius 3 is 2.68 bits per heavy atom. The van der Waals surface area contributed by atoms with E-state index >= 15 is 0 Å². The summed E-state index contributed by atoms with van der Waals surface area (Å²) in [6.07, 6.45) is 2.76. The number of rotatable bonds is 6. The van der Waals surface area contributed by atoms with Crippen molar-refractivity contribution in [3.05, 3.63) is 23.9 Å². The molecule has 22 heavy (non-hydrogen) atoms. The van der Waals surface area contributed by atoms with E-state index in [0.29, 0.717) is 19.5 Å². The highest BCUT2D eigenvalue weighted by atomic mass is 16.5. The van der Waals surface area contributed by atoms with Crippen LogP contribution in [0.2, 0.25) is 0 Å². The van der Waals surface area contributed by atoms with Gasteiger partial charge >= 0.3 is 0 Å². The summed E-state index contributed by atoms with van der Waals surface area (Å²) < 4.78 is 5.74. The molecule has 1 saturated heterocycles. The fraction of sp³-hybridized carbons (Fsp3) is 0.625. The standard InChI is InChI=1S/C16H26N4O2/c1-12-10-20(11-13(2)22-12)15-5-4-14(8-18-15)9-19-16(21)6-7-17-3/h4-5,8,12-13,17H,6-7,9-11H2,1-3H3,(H,19,21). The van der Waals surface area contributed by atoms with Gasteiger partial charge in [-0.15, -0.1) is 0 Å². The normalized spacial score (nSPS) is 21.7. The van der Waals surface area contributed by atoms with Gasteiger partial charge in [0.05, 0.1) is 12.2 Å². The van der Waals surface area contributed by atoms with Crippen molar-refractivity contribution in [3.63, 3.8) is 0 Å². The zero-order valence-corrected chi connectivity index (χ0v) is 13.6. The minimum atomic E-state index is 0.0502. The van der Waals surface area contributed by atoms with E-state index < -0.39 is 0 Å². The molecule has 2 rings (SSSR count). The SMILES string of the molecule is CNCCC(=O)NCc1ccc(N2CC(C)OC(C)C2)nc1. The minimum absolute atomic E-state index is 0.0502. The summed E-state index contributed by atoms with van der Waals surface area (Å²) in [6.45, 7) is 7.09. The first kappa shape index (κ1) is 16.7. The van der Waals surface area contributed by atoms with Gasteiger partial charge in [-0.1, -0.05) is 6.07 Å². The van der Waals surface area contributed by atoms with Crippen molar-refractivity contribution >= 4 is 11.7 Å². The quantitative estimate of drug-likeness (QED) is 0.818. The largest absolute Gasteiger partial charge is 0.372 e. The number of hydrogen-bond donors (Lipinski definition) is 2. The highest BCUT2D eigenvalue weighted by Crippen LogP contribution is 2.18. The number of amides is 1. The third-order valence-electron chi connectivity index (χ3n) is 3.64. The molecule has 1 amide bonds. The van der Waals surface area contributed by atoms with Gasteiger partial charge in [-0.3, -0.25) is 4.79 Å². The van der Waals surface area contributed by atoms with Crippen molar-refractivity contribution in [2.24, 2.45) is 0 Å². The number of carbonyl (C=O) groups excluding carboxylic acids is 1. The molecule has 0 spiro atoms. The molecule has 6 heteroatoms. The number of anilines is 1. The van der Waals surface area contributed by atoms with Crippen LogP contribution in [-0.4, -0.2) is 49.8 Å². The van der Waals surface area contributed by atoms with Crippen LogP contribution >= 0.6 is 0 Å². The molecule has 0 bridgehead atoms. The third kappa shape index (κ3) is 4.96. The van der Waals surface area contributed by atoms with Gasteiger partial charge in [0.2, 0.25) is 5.91 Å². The topological polar surface area (TPSA) is 66.5 Å². The summed E-state index contributed by atoms with van der Waals surface area (Å²) in [4.78, 5) is 18.3. The molecule has 1 aliphatic heterocycles. The lowest BCUT2D eigenvalue weighted by atomic mass is 10.2. The Kier molecular flexibility index (Phi) is 6.15. The number of nitrogens with zero attached hydrogens (tertiary/aromatic N) is 2. The molecule has 2 unspecified atom stereocenters. The van der Waals surface area contributed by atoms with Crippen molar-refractivity contribution in [1.82, 2.24) is 15.6 Å². The monoisotopic (exact) mass is 306 g/mol. The Morgan fingerprint density at radius 2 is 2.09 bits per heavy atom. The number of hydrogen-bond acceptors (Lipinski definition) is 5. The number of ether oxygens (including phenoxy) is 1. The van der Waals surface area contributed by atoms with Gasteiger partial charge in [0.1, 0.15) is 5.82 Å². The van der Waals surface area contributed by atoms with Crippen LogP contribution in [0.3, 0.4) is 0 Å². The predicted octanol–water partition coefficient (Wildman–Crippen LogP) is 0.921. The molecule has 2 N–H and O–H groups in total. The van der Waals surface area contributed by atoms with Crippen LogP contribution in [0.5, 0.6) is 0 Å². The van der Waals surface area contributed by atoms with Gasteiger partial charge in [0.15, 0.2) is 0 Å². The Morgan fingerprint density at radius 1 is 1.36 bits per heavy atom.